The van der Waals surface area contributed by atoms with Gasteiger partial charge >= 0.3 is 0 Å². The molecule has 2 saturated heterocycles. The maximum atomic E-state index is 13.3. The monoisotopic (exact) mass is 429 g/mol. The van der Waals surface area contributed by atoms with Gasteiger partial charge in [-0.1, -0.05) is 32.0 Å². The zero-order valence-corrected chi connectivity index (χ0v) is 18.1. The number of ether oxygens (including phenoxy) is 2. The second-order valence-corrected chi connectivity index (χ2v) is 8.56. The SMILES string of the molecule is CC[C@@H](C)C(=O)N[C@H]1CCO[C@H]2CC[C@@H](C(=O)N[C@@H]3CCOc4ccccc43)N2C1=O. The van der Waals surface area contributed by atoms with Crippen molar-refractivity contribution in [3.05, 3.63) is 29.8 Å². The molecule has 3 aliphatic heterocycles. The number of para-hydroxylation sites is 1. The standard InChI is InChI=1S/C23H31N3O5/c1-3-14(2)21(27)25-17-11-13-31-20-9-8-18(26(20)23(17)29)22(28)24-16-10-12-30-19-7-5-4-6-15(16)19/h4-7,14,16-18,20H,3,8-13H2,1-2H3,(H,24,28)(H,25,27)/t14-,16-,17+,18+,20+/m1/s1. The lowest BCUT2D eigenvalue weighted by Crippen LogP contribution is -2.55. The molecule has 5 atom stereocenters. The fourth-order valence-corrected chi connectivity index (χ4v) is 4.51. The second-order valence-electron chi connectivity index (χ2n) is 8.56. The zero-order valence-electron chi connectivity index (χ0n) is 18.1. The Hall–Kier alpha value is -2.61. The lowest BCUT2D eigenvalue weighted by Gasteiger charge is -2.32. The normalized spacial score (nSPS) is 28.6. The van der Waals surface area contributed by atoms with E-state index >= 15 is 0 Å². The smallest absolute Gasteiger partial charge is 0.247 e. The first-order valence-corrected chi connectivity index (χ1v) is 11.3. The Bertz CT molecular complexity index is 844. The molecule has 8 heteroatoms. The van der Waals surface area contributed by atoms with Gasteiger partial charge in [0.2, 0.25) is 17.7 Å². The minimum atomic E-state index is -0.663. The highest BCUT2D eigenvalue weighted by molar-refractivity contribution is 5.93. The number of rotatable bonds is 5. The van der Waals surface area contributed by atoms with Crippen LogP contribution in [0.4, 0.5) is 0 Å². The molecule has 168 valence electrons. The third-order valence-corrected chi connectivity index (χ3v) is 6.56. The molecule has 2 fully saturated rings. The number of hydrogen-bond donors (Lipinski definition) is 2. The maximum Gasteiger partial charge on any atom is 0.247 e. The van der Waals surface area contributed by atoms with Crippen molar-refractivity contribution in [1.29, 1.82) is 0 Å². The molecule has 2 N–H and O–H groups in total. The summed E-state index contributed by atoms with van der Waals surface area (Å²) in [5, 5.41) is 5.99. The van der Waals surface area contributed by atoms with Crippen LogP contribution in [-0.4, -0.2) is 54.1 Å². The van der Waals surface area contributed by atoms with E-state index < -0.39 is 18.3 Å². The number of nitrogens with one attached hydrogen (secondary N) is 2. The fourth-order valence-electron chi connectivity index (χ4n) is 4.51. The number of hydrogen-bond acceptors (Lipinski definition) is 5. The first-order chi connectivity index (χ1) is 15.0. The van der Waals surface area contributed by atoms with Crippen LogP contribution in [0, 0.1) is 5.92 Å². The highest BCUT2D eigenvalue weighted by atomic mass is 16.5. The molecule has 1 aromatic carbocycles. The molecule has 8 nitrogen and oxygen atoms in total. The van der Waals surface area contributed by atoms with Gasteiger partial charge in [0.1, 0.15) is 24.1 Å². The molecule has 1 aromatic rings. The molecule has 3 aliphatic rings. The summed E-state index contributed by atoms with van der Waals surface area (Å²) in [6.07, 6.45) is 2.52. The van der Waals surface area contributed by atoms with Crippen LogP contribution in [-0.2, 0) is 19.1 Å². The van der Waals surface area contributed by atoms with Gasteiger partial charge in [-0.05, 0) is 25.3 Å². The summed E-state index contributed by atoms with van der Waals surface area (Å²) in [7, 11) is 0. The van der Waals surface area contributed by atoms with Crippen LogP contribution in [0.2, 0.25) is 0 Å². The van der Waals surface area contributed by atoms with Gasteiger partial charge in [0.25, 0.3) is 0 Å². The summed E-state index contributed by atoms with van der Waals surface area (Å²) in [4.78, 5) is 40.5. The number of nitrogens with zero attached hydrogens (tertiary/aromatic N) is 1. The molecular formula is C23H31N3O5. The summed E-state index contributed by atoms with van der Waals surface area (Å²) >= 11 is 0. The Labute approximate surface area is 182 Å². The fraction of sp³-hybridized carbons (Fsp3) is 0.609. The Morgan fingerprint density at radius 3 is 2.68 bits per heavy atom. The summed E-state index contributed by atoms with van der Waals surface area (Å²) < 4.78 is 11.6. The van der Waals surface area contributed by atoms with Crippen LogP contribution in [0.15, 0.2) is 24.3 Å². The second kappa shape index (κ2) is 9.26. The topological polar surface area (TPSA) is 97.0 Å². The van der Waals surface area contributed by atoms with Crippen molar-refractivity contribution in [3.63, 3.8) is 0 Å². The average Bonchev–Trinajstić information content (AvgIpc) is 3.15. The minimum absolute atomic E-state index is 0.140. The van der Waals surface area contributed by atoms with E-state index in [9.17, 15) is 14.4 Å². The van der Waals surface area contributed by atoms with E-state index in [1.54, 1.807) is 4.90 Å². The van der Waals surface area contributed by atoms with Crippen LogP contribution in [0.3, 0.4) is 0 Å². The molecular weight excluding hydrogens is 398 g/mol. The summed E-state index contributed by atoms with van der Waals surface area (Å²) in [6.45, 7) is 4.69. The highest BCUT2D eigenvalue weighted by Crippen LogP contribution is 2.33. The molecule has 31 heavy (non-hydrogen) atoms. The van der Waals surface area contributed by atoms with Gasteiger partial charge in [-0.2, -0.15) is 0 Å². The third kappa shape index (κ3) is 4.39. The van der Waals surface area contributed by atoms with Crippen molar-refractivity contribution in [2.24, 2.45) is 5.92 Å². The molecule has 3 amide bonds. The van der Waals surface area contributed by atoms with Crippen LogP contribution in [0.5, 0.6) is 5.75 Å². The van der Waals surface area contributed by atoms with Crippen LogP contribution in [0.25, 0.3) is 0 Å². The Morgan fingerprint density at radius 2 is 1.87 bits per heavy atom. The van der Waals surface area contributed by atoms with E-state index in [0.717, 1.165) is 11.3 Å². The first kappa shape index (κ1) is 21.6. The number of carbonyl (C=O) groups is 3. The molecule has 4 rings (SSSR count). The summed E-state index contributed by atoms with van der Waals surface area (Å²) in [5.41, 5.74) is 0.953. The van der Waals surface area contributed by atoms with Crippen molar-refractivity contribution in [2.45, 2.75) is 70.3 Å². The Balaban J connectivity index is 1.47. The van der Waals surface area contributed by atoms with Crippen molar-refractivity contribution in [3.8, 4) is 5.75 Å². The summed E-state index contributed by atoms with van der Waals surface area (Å²) in [6, 6.07) is 6.27. The molecule has 0 unspecified atom stereocenters. The van der Waals surface area contributed by atoms with E-state index in [2.05, 4.69) is 10.6 Å². The quantitative estimate of drug-likeness (QED) is 0.745. The van der Waals surface area contributed by atoms with E-state index in [1.165, 1.54) is 0 Å². The van der Waals surface area contributed by atoms with E-state index in [0.29, 0.717) is 45.3 Å². The molecule has 0 aliphatic carbocycles. The molecule has 0 aromatic heterocycles. The average molecular weight is 430 g/mol. The maximum absolute atomic E-state index is 13.3. The van der Waals surface area contributed by atoms with Gasteiger partial charge in [-0.15, -0.1) is 0 Å². The highest BCUT2D eigenvalue weighted by Gasteiger charge is 2.46. The molecule has 0 saturated carbocycles. The van der Waals surface area contributed by atoms with Gasteiger partial charge in [0.15, 0.2) is 0 Å². The lowest BCUT2D eigenvalue weighted by molar-refractivity contribution is -0.149. The van der Waals surface area contributed by atoms with Gasteiger partial charge < -0.3 is 25.0 Å². The van der Waals surface area contributed by atoms with Crippen molar-refractivity contribution in [2.75, 3.05) is 13.2 Å². The van der Waals surface area contributed by atoms with E-state index in [4.69, 9.17) is 9.47 Å². The van der Waals surface area contributed by atoms with Crippen molar-refractivity contribution >= 4 is 17.7 Å². The molecule has 0 bridgehead atoms. The largest absolute Gasteiger partial charge is 0.493 e. The van der Waals surface area contributed by atoms with Gasteiger partial charge in [0, 0.05) is 24.3 Å². The zero-order chi connectivity index (χ0) is 22.0. The van der Waals surface area contributed by atoms with Crippen LogP contribution >= 0.6 is 0 Å². The number of carbonyl (C=O) groups excluding carboxylic acids is 3. The molecule has 3 heterocycles. The Kier molecular flexibility index (Phi) is 6.46. The molecule has 0 radical (unpaired) electrons. The van der Waals surface area contributed by atoms with Gasteiger partial charge in [0.05, 0.1) is 19.3 Å². The summed E-state index contributed by atoms with van der Waals surface area (Å²) in [5.74, 6) is 0.0573. The van der Waals surface area contributed by atoms with Crippen LogP contribution < -0.4 is 15.4 Å². The van der Waals surface area contributed by atoms with Gasteiger partial charge in [-0.3, -0.25) is 14.4 Å². The number of fused-ring (bicyclic) bond motifs is 2. The Morgan fingerprint density at radius 1 is 1.10 bits per heavy atom. The first-order valence-electron chi connectivity index (χ1n) is 11.3. The molecule has 0 spiro atoms. The minimum Gasteiger partial charge on any atom is -0.493 e. The number of amides is 3. The van der Waals surface area contributed by atoms with Crippen LogP contribution in [0.1, 0.15) is 57.6 Å². The van der Waals surface area contributed by atoms with Crippen molar-refractivity contribution in [1.82, 2.24) is 15.5 Å². The van der Waals surface area contributed by atoms with E-state index in [1.807, 2.05) is 38.1 Å². The predicted molar refractivity (Wildman–Crippen MR) is 113 cm³/mol. The third-order valence-electron chi connectivity index (χ3n) is 6.56. The van der Waals surface area contributed by atoms with Gasteiger partial charge in [-0.25, -0.2) is 0 Å². The lowest BCUT2D eigenvalue weighted by atomic mass is 10.00. The van der Waals surface area contributed by atoms with E-state index in [-0.39, 0.29) is 29.7 Å². The number of benzene rings is 1. The predicted octanol–water partition coefficient (Wildman–Crippen LogP) is 1.89. The van der Waals surface area contributed by atoms with Crippen molar-refractivity contribution < 1.29 is 23.9 Å².